The number of aryl methyl sites for hydroxylation is 1. The van der Waals surface area contributed by atoms with Crippen molar-refractivity contribution in [2.24, 2.45) is 0 Å². The van der Waals surface area contributed by atoms with Gasteiger partial charge in [-0.2, -0.15) is 0 Å². The Morgan fingerprint density at radius 1 is 1.60 bits per heavy atom. The van der Waals surface area contributed by atoms with Crippen molar-refractivity contribution in [2.45, 2.75) is 6.92 Å². The zero-order chi connectivity index (χ0) is 7.84. The Morgan fingerprint density at radius 2 is 2.50 bits per heavy atom. The molecule has 1 aromatic carbocycles. The topological polar surface area (TPSA) is 26.0 Å². The Bertz CT molecular complexity index is 394. The van der Waals surface area contributed by atoms with Crippen LogP contribution >= 0.6 is 0 Å². The van der Waals surface area contributed by atoms with E-state index < -0.39 is 0 Å². The number of rotatable bonds is 0. The number of aromatic nitrogens is 1. The summed E-state index contributed by atoms with van der Waals surface area (Å²) >= 11 is 0. The minimum Gasteiger partial charge on any atom is -0.441 e. The maximum absolute atomic E-state index is 7.30. The van der Waals surface area contributed by atoms with Crippen LogP contribution in [0, 0.1) is 6.92 Å². The normalized spacial score (nSPS) is 11.9. The molecule has 1 heterocycles. The van der Waals surface area contributed by atoms with Gasteiger partial charge in [-0.1, -0.05) is 12.1 Å². The SMILES string of the molecule is [2H]c1ccc2nc(C)oc2c1. The smallest absolute Gasteiger partial charge is 0.192 e. The number of para-hydroxylation sites is 2. The lowest BCUT2D eigenvalue weighted by Gasteiger charge is -1.79. The summed E-state index contributed by atoms with van der Waals surface area (Å²) in [4.78, 5) is 4.10. The second-order valence-electron chi connectivity index (χ2n) is 2.13. The Labute approximate surface area is 59.9 Å². The minimum absolute atomic E-state index is 0.452. The summed E-state index contributed by atoms with van der Waals surface area (Å²) in [5.74, 6) is 0.644. The summed E-state index contributed by atoms with van der Waals surface area (Å²) in [5, 5.41) is 0. The van der Waals surface area contributed by atoms with Gasteiger partial charge in [0.2, 0.25) is 0 Å². The van der Waals surface area contributed by atoms with Crippen molar-refractivity contribution in [1.82, 2.24) is 4.98 Å². The summed E-state index contributed by atoms with van der Waals surface area (Å²) in [5.41, 5.74) is 1.51. The summed E-state index contributed by atoms with van der Waals surface area (Å²) in [7, 11) is 0. The van der Waals surface area contributed by atoms with Gasteiger partial charge < -0.3 is 4.42 Å². The first kappa shape index (κ1) is 4.50. The molecular weight excluding hydrogens is 126 g/mol. The van der Waals surface area contributed by atoms with E-state index in [2.05, 4.69) is 4.98 Å². The highest BCUT2D eigenvalue weighted by Crippen LogP contribution is 2.12. The largest absolute Gasteiger partial charge is 0.441 e. The molecule has 0 amide bonds. The van der Waals surface area contributed by atoms with Gasteiger partial charge >= 0.3 is 0 Å². The van der Waals surface area contributed by atoms with Crippen molar-refractivity contribution in [3.63, 3.8) is 0 Å². The molecule has 0 aliphatic heterocycles. The zero-order valence-corrected chi connectivity index (χ0v) is 5.59. The molecule has 10 heavy (non-hydrogen) atoms. The van der Waals surface area contributed by atoms with Crippen LogP contribution in [0.2, 0.25) is 0 Å². The Kier molecular flexibility index (Phi) is 0.826. The van der Waals surface area contributed by atoms with Crippen molar-refractivity contribution >= 4 is 11.1 Å². The van der Waals surface area contributed by atoms with E-state index in [0.29, 0.717) is 17.5 Å². The van der Waals surface area contributed by atoms with Crippen molar-refractivity contribution in [3.05, 3.63) is 30.1 Å². The number of oxazole rings is 1. The molecule has 0 atom stereocenters. The Balaban J connectivity index is 2.82. The first-order valence-electron chi connectivity index (χ1n) is 3.59. The summed E-state index contributed by atoms with van der Waals surface area (Å²) in [6.45, 7) is 1.80. The monoisotopic (exact) mass is 134 g/mol. The first-order chi connectivity index (χ1) is 5.25. The maximum atomic E-state index is 7.30. The van der Waals surface area contributed by atoms with Crippen molar-refractivity contribution in [3.8, 4) is 0 Å². The molecule has 0 unspecified atom stereocenters. The van der Waals surface area contributed by atoms with Gasteiger partial charge in [0.25, 0.3) is 0 Å². The third kappa shape index (κ3) is 0.692. The zero-order valence-electron chi connectivity index (χ0n) is 6.59. The van der Waals surface area contributed by atoms with Crippen LogP contribution in [0.1, 0.15) is 7.26 Å². The molecule has 0 radical (unpaired) electrons. The van der Waals surface area contributed by atoms with Gasteiger partial charge in [-0.15, -0.1) is 0 Å². The van der Waals surface area contributed by atoms with Crippen LogP contribution in [0.25, 0.3) is 11.1 Å². The molecule has 0 saturated carbocycles. The molecule has 0 aliphatic rings. The molecule has 50 valence electrons. The van der Waals surface area contributed by atoms with E-state index in [9.17, 15) is 0 Å². The van der Waals surface area contributed by atoms with Gasteiger partial charge in [0.05, 0.1) is 1.37 Å². The number of nitrogens with zero attached hydrogens (tertiary/aromatic N) is 1. The molecule has 2 aromatic rings. The highest BCUT2D eigenvalue weighted by Gasteiger charge is 1.97. The number of benzene rings is 1. The number of hydrogen-bond donors (Lipinski definition) is 0. The molecule has 0 saturated heterocycles. The van der Waals surface area contributed by atoms with E-state index in [-0.39, 0.29) is 0 Å². The van der Waals surface area contributed by atoms with Crippen LogP contribution < -0.4 is 0 Å². The molecule has 1 aromatic heterocycles. The van der Waals surface area contributed by atoms with Crippen LogP contribution in [0.5, 0.6) is 0 Å². The van der Waals surface area contributed by atoms with E-state index in [4.69, 9.17) is 5.79 Å². The fourth-order valence-electron chi connectivity index (χ4n) is 0.933. The fraction of sp³-hybridized carbons (Fsp3) is 0.125. The predicted octanol–water partition coefficient (Wildman–Crippen LogP) is 2.14. The van der Waals surface area contributed by atoms with Gasteiger partial charge in [0.1, 0.15) is 5.52 Å². The van der Waals surface area contributed by atoms with Gasteiger partial charge in [-0.3, -0.25) is 0 Å². The van der Waals surface area contributed by atoms with Gasteiger partial charge in [-0.25, -0.2) is 4.98 Å². The van der Waals surface area contributed by atoms with E-state index >= 15 is 0 Å². The van der Waals surface area contributed by atoms with E-state index in [0.717, 1.165) is 5.52 Å². The number of hydrogen-bond acceptors (Lipinski definition) is 2. The molecule has 2 rings (SSSR count). The Morgan fingerprint density at radius 3 is 3.40 bits per heavy atom. The summed E-state index contributed by atoms with van der Waals surface area (Å²) in [6, 6.07) is 5.60. The fourth-order valence-corrected chi connectivity index (χ4v) is 0.933. The van der Waals surface area contributed by atoms with E-state index in [1.54, 1.807) is 25.1 Å². The van der Waals surface area contributed by atoms with E-state index in [1.807, 2.05) is 0 Å². The molecule has 0 bridgehead atoms. The average Bonchev–Trinajstić information content (AvgIpc) is 2.27. The second kappa shape index (κ2) is 1.84. The lowest BCUT2D eigenvalue weighted by atomic mass is 10.3. The van der Waals surface area contributed by atoms with Gasteiger partial charge in [0, 0.05) is 6.92 Å². The quantitative estimate of drug-likeness (QED) is 0.551. The van der Waals surface area contributed by atoms with Crippen molar-refractivity contribution in [1.29, 1.82) is 0 Å². The highest BCUT2D eigenvalue weighted by molar-refractivity contribution is 5.71. The molecule has 2 nitrogen and oxygen atoms in total. The third-order valence-electron chi connectivity index (χ3n) is 1.34. The van der Waals surface area contributed by atoms with Crippen molar-refractivity contribution in [2.75, 3.05) is 0 Å². The summed E-state index contributed by atoms with van der Waals surface area (Å²) in [6.07, 6.45) is 0. The van der Waals surface area contributed by atoms with Crippen LogP contribution in [-0.4, -0.2) is 4.98 Å². The lowest BCUT2D eigenvalue weighted by Crippen LogP contribution is -1.65. The van der Waals surface area contributed by atoms with Crippen LogP contribution in [0.3, 0.4) is 0 Å². The van der Waals surface area contributed by atoms with Gasteiger partial charge in [-0.05, 0) is 12.1 Å². The van der Waals surface area contributed by atoms with Crippen LogP contribution in [-0.2, 0) is 0 Å². The predicted molar refractivity (Wildman–Crippen MR) is 38.7 cm³/mol. The first-order valence-corrected chi connectivity index (χ1v) is 3.09. The molecule has 2 heteroatoms. The van der Waals surface area contributed by atoms with Crippen LogP contribution in [0.4, 0.5) is 0 Å². The molecule has 0 spiro atoms. The van der Waals surface area contributed by atoms with Gasteiger partial charge in [0.15, 0.2) is 11.5 Å². The molecule has 0 N–H and O–H groups in total. The molecule has 0 aliphatic carbocycles. The Hall–Kier alpha value is -1.31. The van der Waals surface area contributed by atoms with E-state index in [1.165, 1.54) is 0 Å². The third-order valence-corrected chi connectivity index (χ3v) is 1.34. The lowest BCUT2D eigenvalue weighted by molar-refractivity contribution is 0.561. The highest BCUT2D eigenvalue weighted by atomic mass is 16.3. The number of fused-ring (bicyclic) bond motifs is 1. The van der Waals surface area contributed by atoms with Crippen LogP contribution in [0.15, 0.2) is 28.7 Å². The second-order valence-corrected chi connectivity index (χ2v) is 2.13. The molecular formula is C8H7NO. The average molecular weight is 134 g/mol. The minimum atomic E-state index is 0.452. The molecule has 0 fully saturated rings. The standard InChI is InChI=1S/C8H7NO/c1-6-9-7-4-2-3-5-8(7)10-6/h2-5H,1H3/i3D. The summed E-state index contributed by atoms with van der Waals surface area (Å²) < 4.78 is 12.5. The van der Waals surface area contributed by atoms with Crippen molar-refractivity contribution < 1.29 is 5.79 Å². The maximum Gasteiger partial charge on any atom is 0.192 e.